The number of nitrogens with zero attached hydrogens (tertiary/aromatic N) is 1. The van der Waals surface area contributed by atoms with Gasteiger partial charge in [0.15, 0.2) is 5.78 Å². The second-order valence-corrected chi connectivity index (χ2v) is 7.33. The Kier molecular flexibility index (Phi) is 4.96. The molecule has 0 aliphatic carbocycles. The number of H-pyrrole nitrogens is 1. The van der Waals surface area contributed by atoms with Gasteiger partial charge in [0.05, 0.1) is 23.7 Å². The number of primary amides is 1. The number of hydrogen-bond acceptors (Lipinski definition) is 3. The molecule has 1 atom stereocenters. The number of Topliss-reactive ketones (excluding diaryl/α,β-unsaturated/α-hetero) is 1. The Hall–Kier alpha value is -2.99. The van der Waals surface area contributed by atoms with E-state index in [1.165, 1.54) is 12.1 Å². The molecule has 0 radical (unpaired) electrons. The van der Waals surface area contributed by atoms with Crippen molar-refractivity contribution in [1.82, 2.24) is 9.88 Å². The number of halogens is 1. The lowest BCUT2D eigenvalue weighted by molar-refractivity contribution is -0.123. The monoisotopic (exact) mass is 379 g/mol. The zero-order valence-electron chi connectivity index (χ0n) is 15.5. The van der Waals surface area contributed by atoms with Gasteiger partial charge in [-0.1, -0.05) is 18.2 Å². The van der Waals surface area contributed by atoms with E-state index in [0.717, 1.165) is 35.9 Å². The van der Waals surface area contributed by atoms with Crippen LogP contribution >= 0.6 is 0 Å². The number of benzene rings is 2. The average molecular weight is 379 g/mol. The number of nitrogens with two attached hydrogens (primary N) is 1. The zero-order valence-corrected chi connectivity index (χ0v) is 15.5. The zero-order chi connectivity index (χ0) is 19.7. The van der Waals surface area contributed by atoms with Crippen molar-refractivity contribution in [3.8, 4) is 11.3 Å². The van der Waals surface area contributed by atoms with Crippen LogP contribution in [-0.2, 0) is 4.79 Å². The van der Waals surface area contributed by atoms with Gasteiger partial charge >= 0.3 is 0 Å². The van der Waals surface area contributed by atoms with Crippen LogP contribution in [0.1, 0.15) is 23.2 Å². The van der Waals surface area contributed by atoms with E-state index in [9.17, 15) is 14.0 Å². The number of rotatable bonds is 5. The van der Waals surface area contributed by atoms with E-state index in [2.05, 4.69) is 4.98 Å². The average Bonchev–Trinajstić information content (AvgIpc) is 3.08. The fourth-order valence-corrected chi connectivity index (χ4v) is 3.98. The lowest BCUT2D eigenvalue weighted by Gasteiger charge is -2.30. The number of likely N-dealkylation sites (tertiary alicyclic amines) is 1. The van der Waals surface area contributed by atoms with Crippen LogP contribution in [0, 0.1) is 11.7 Å². The molecule has 1 aliphatic rings. The molecule has 3 aromatic rings. The van der Waals surface area contributed by atoms with Gasteiger partial charge in [-0.2, -0.15) is 0 Å². The largest absolute Gasteiger partial charge is 0.369 e. The van der Waals surface area contributed by atoms with Crippen molar-refractivity contribution < 1.29 is 14.0 Å². The lowest BCUT2D eigenvalue weighted by atomic mass is 9.96. The third-order valence-corrected chi connectivity index (χ3v) is 5.39. The molecular formula is C22H22FN3O2. The second-order valence-electron chi connectivity index (χ2n) is 7.33. The van der Waals surface area contributed by atoms with Crippen LogP contribution in [0.15, 0.2) is 48.5 Å². The summed E-state index contributed by atoms with van der Waals surface area (Å²) < 4.78 is 13.4. The number of amides is 1. The minimum atomic E-state index is -0.321. The summed E-state index contributed by atoms with van der Waals surface area (Å²) in [4.78, 5) is 30.1. The lowest BCUT2D eigenvalue weighted by Crippen LogP contribution is -2.43. The van der Waals surface area contributed by atoms with E-state index in [0.29, 0.717) is 17.8 Å². The quantitative estimate of drug-likeness (QED) is 0.667. The molecule has 0 spiro atoms. The van der Waals surface area contributed by atoms with E-state index in [1.54, 1.807) is 12.1 Å². The fraction of sp³-hybridized carbons (Fsp3) is 0.273. The minimum absolute atomic E-state index is 0.0260. The molecule has 5 nitrogen and oxygen atoms in total. The first-order chi connectivity index (χ1) is 13.5. The number of carbonyl (C=O) groups is 2. The van der Waals surface area contributed by atoms with Crippen molar-refractivity contribution in [3.05, 3.63) is 59.9 Å². The molecule has 1 amide bonds. The minimum Gasteiger partial charge on any atom is -0.369 e. The molecule has 1 fully saturated rings. The third kappa shape index (κ3) is 3.55. The van der Waals surface area contributed by atoms with Gasteiger partial charge in [0, 0.05) is 17.4 Å². The van der Waals surface area contributed by atoms with Gasteiger partial charge in [-0.15, -0.1) is 0 Å². The number of carbonyl (C=O) groups excluding carboxylic acids is 2. The number of para-hydroxylation sites is 1. The molecule has 28 heavy (non-hydrogen) atoms. The maximum absolute atomic E-state index is 13.4. The molecule has 2 aromatic carbocycles. The number of hydrogen-bond donors (Lipinski definition) is 2. The summed E-state index contributed by atoms with van der Waals surface area (Å²) in [5.74, 6) is -0.863. The summed E-state index contributed by atoms with van der Waals surface area (Å²) in [5, 5.41) is 0.843. The van der Waals surface area contributed by atoms with Gasteiger partial charge in [-0.25, -0.2) is 4.39 Å². The Balaban J connectivity index is 1.68. The summed E-state index contributed by atoms with van der Waals surface area (Å²) in [6, 6.07) is 13.7. The smallest absolute Gasteiger partial charge is 0.221 e. The molecule has 1 aliphatic heterocycles. The predicted molar refractivity (Wildman–Crippen MR) is 106 cm³/mol. The Labute approximate surface area is 162 Å². The highest BCUT2D eigenvalue weighted by atomic mass is 19.1. The molecule has 3 N–H and O–H groups in total. The van der Waals surface area contributed by atoms with Crippen molar-refractivity contribution in [2.75, 3.05) is 19.6 Å². The number of aromatic nitrogens is 1. The third-order valence-electron chi connectivity index (χ3n) is 5.39. The van der Waals surface area contributed by atoms with E-state index in [-0.39, 0.29) is 30.0 Å². The van der Waals surface area contributed by atoms with Crippen LogP contribution in [0.5, 0.6) is 0 Å². The number of aromatic amines is 1. The number of nitrogens with one attached hydrogen (secondary N) is 1. The summed E-state index contributed by atoms with van der Waals surface area (Å²) >= 11 is 0. The summed E-state index contributed by atoms with van der Waals surface area (Å²) in [6.45, 7) is 1.50. The topological polar surface area (TPSA) is 79.2 Å². The fourth-order valence-electron chi connectivity index (χ4n) is 3.98. The highest BCUT2D eigenvalue weighted by molar-refractivity contribution is 6.14. The van der Waals surface area contributed by atoms with Gasteiger partial charge in [-0.05, 0) is 55.3 Å². The molecule has 0 saturated carbocycles. The Morgan fingerprint density at radius 1 is 1.14 bits per heavy atom. The van der Waals surface area contributed by atoms with Crippen molar-refractivity contribution in [2.24, 2.45) is 11.7 Å². The Morgan fingerprint density at radius 3 is 2.64 bits per heavy atom. The molecule has 0 bridgehead atoms. The standard InChI is InChI=1S/C22H22FN3O2/c23-16-9-7-14(8-10-16)21-20(17-5-1-2-6-18(17)25-21)19(27)13-26-11-3-4-15(12-26)22(24)28/h1-2,5-10,15,25H,3-4,11-13H2,(H2,24,28)/t15-/m1/s1. The highest BCUT2D eigenvalue weighted by Gasteiger charge is 2.27. The first-order valence-electron chi connectivity index (χ1n) is 9.44. The normalized spacial score (nSPS) is 17.7. The van der Waals surface area contributed by atoms with E-state index < -0.39 is 0 Å². The van der Waals surface area contributed by atoms with Gasteiger partial charge in [0.2, 0.25) is 5.91 Å². The molecule has 144 valence electrons. The van der Waals surface area contributed by atoms with Crippen LogP contribution in [0.4, 0.5) is 4.39 Å². The van der Waals surface area contributed by atoms with Crippen LogP contribution in [0.25, 0.3) is 22.2 Å². The van der Waals surface area contributed by atoms with Gasteiger partial charge in [-0.3, -0.25) is 14.5 Å². The first kappa shape index (κ1) is 18.4. The van der Waals surface area contributed by atoms with Gasteiger partial charge < -0.3 is 10.7 Å². The Bertz CT molecular complexity index is 1030. The first-order valence-corrected chi connectivity index (χ1v) is 9.44. The number of piperidine rings is 1. The predicted octanol–water partition coefficient (Wildman–Crippen LogP) is 3.35. The molecular weight excluding hydrogens is 357 g/mol. The van der Waals surface area contributed by atoms with Crippen molar-refractivity contribution in [2.45, 2.75) is 12.8 Å². The van der Waals surface area contributed by atoms with Crippen molar-refractivity contribution in [1.29, 1.82) is 0 Å². The van der Waals surface area contributed by atoms with Gasteiger partial charge in [0.25, 0.3) is 0 Å². The van der Waals surface area contributed by atoms with Gasteiger partial charge in [0.1, 0.15) is 5.82 Å². The van der Waals surface area contributed by atoms with Crippen LogP contribution in [0.2, 0.25) is 0 Å². The molecule has 1 saturated heterocycles. The maximum Gasteiger partial charge on any atom is 0.221 e. The van der Waals surface area contributed by atoms with E-state index in [4.69, 9.17) is 5.73 Å². The van der Waals surface area contributed by atoms with E-state index in [1.807, 2.05) is 29.2 Å². The van der Waals surface area contributed by atoms with Crippen LogP contribution in [-0.4, -0.2) is 41.2 Å². The molecule has 4 rings (SSSR count). The Morgan fingerprint density at radius 2 is 1.89 bits per heavy atom. The maximum atomic E-state index is 13.4. The van der Waals surface area contributed by atoms with Crippen molar-refractivity contribution >= 4 is 22.6 Å². The summed E-state index contributed by atoms with van der Waals surface area (Å²) in [5.41, 5.74) is 8.36. The highest BCUT2D eigenvalue weighted by Crippen LogP contribution is 2.31. The van der Waals surface area contributed by atoms with E-state index >= 15 is 0 Å². The molecule has 2 heterocycles. The summed E-state index contributed by atoms with van der Waals surface area (Å²) in [6.07, 6.45) is 1.62. The van der Waals surface area contributed by atoms with Crippen molar-refractivity contribution in [3.63, 3.8) is 0 Å². The SMILES string of the molecule is NC(=O)[C@@H]1CCCN(CC(=O)c2c(-c3ccc(F)cc3)[nH]c3ccccc23)C1. The summed E-state index contributed by atoms with van der Waals surface area (Å²) in [7, 11) is 0. The number of fused-ring (bicyclic) bond motifs is 1. The van der Waals surface area contributed by atoms with Crippen LogP contribution < -0.4 is 5.73 Å². The van der Waals surface area contributed by atoms with Crippen LogP contribution in [0.3, 0.4) is 0 Å². The molecule has 1 aromatic heterocycles. The number of ketones is 1. The molecule has 6 heteroatoms. The molecule has 0 unspecified atom stereocenters. The second kappa shape index (κ2) is 7.56.